The van der Waals surface area contributed by atoms with Crippen LogP contribution in [0.3, 0.4) is 0 Å². The molecule has 2 aromatic heterocycles. The second kappa shape index (κ2) is 12.8. The maximum absolute atomic E-state index is 6.68. The van der Waals surface area contributed by atoms with Crippen LogP contribution in [-0.4, -0.2) is 15.0 Å². The summed E-state index contributed by atoms with van der Waals surface area (Å²) >= 11 is 0. The summed E-state index contributed by atoms with van der Waals surface area (Å²) in [6.45, 7) is 0. The topological polar surface area (TPSA) is 61.0 Å². The average molecular weight is 742 g/mol. The molecule has 0 saturated carbocycles. The molecule has 5 nitrogen and oxygen atoms in total. The molecular weight excluding hydrogens is 711 g/mol. The number of benzene rings is 9. The van der Waals surface area contributed by atoms with Gasteiger partial charge in [0.1, 0.15) is 22.7 Å². The number of ether oxygens (including phenoxy) is 1. The molecule has 0 unspecified atom stereocenters. The van der Waals surface area contributed by atoms with Gasteiger partial charge in [-0.25, -0.2) is 15.0 Å². The van der Waals surface area contributed by atoms with E-state index in [2.05, 4.69) is 133 Å². The van der Waals surface area contributed by atoms with Crippen molar-refractivity contribution >= 4 is 43.5 Å². The Bertz CT molecular complexity index is 3430. The van der Waals surface area contributed by atoms with E-state index in [9.17, 15) is 0 Å². The summed E-state index contributed by atoms with van der Waals surface area (Å²) in [5.74, 6) is 3.39. The van der Waals surface area contributed by atoms with Crippen LogP contribution in [0.25, 0.3) is 111 Å². The van der Waals surface area contributed by atoms with Gasteiger partial charge in [-0.05, 0) is 86.4 Å². The number of para-hydroxylation sites is 1. The summed E-state index contributed by atoms with van der Waals surface area (Å²) in [5, 5.41) is 6.28. The highest BCUT2D eigenvalue weighted by Crippen LogP contribution is 2.51. The van der Waals surface area contributed by atoms with Crippen molar-refractivity contribution in [2.45, 2.75) is 0 Å². The van der Waals surface area contributed by atoms with Crippen molar-refractivity contribution in [1.29, 1.82) is 0 Å². The van der Waals surface area contributed by atoms with Crippen LogP contribution in [0, 0.1) is 0 Å². The van der Waals surface area contributed by atoms with Crippen molar-refractivity contribution in [2.75, 3.05) is 0 Å². The van der Waals surface area contributed by atoms with Crippen molar-refractivity contribution < 1.29 is 9.15 Å². The van der Waals surface area contributed by atoms with E-state index in [1.165, 1.54) is 11.1 Å². The van der Waals surface area contributed by atoms with Crippen LogP contribution in [0.2, 0.25) is 0 Å². The zero-order chi connectivity index (χ0) is 38.2. The van der Waals surface area contributed by atoms with Crippen LogP contribution in [0.5, 0.6) is 11.5 Å². The SMILES string of the molecule is c1ccc(-c2ccc3cc(-c4nc(-c5ccc6c7c(cccc57)-c5c(cccc5-c5ccccc5)O6)nc(-c5cccc6oc7ccccc7c56)n4)ccc3c2)cc1. The molecule has 0 saturated heterocycles. The molecule has 0 spiro atoms. The smallest absolute Gasteiger partial charge is 0.164 e. The lowest BCUT2D eigenvalue weighted by molar-refractivity contribution is 0.487. The number of hydrogen-bond donors (Lipinski definition) is 0. The summed E-state index contributed by atoms with van der Waals surface area (Å²) in [4.78, 5) is 15.8. The van der Waals surface area contributed by atoms with Gasteiger partial charge in [0.15, 0.2) is 17.5 Å². The predicted octanol–water partition coefficient (Wildman–Crippen LogP) is 14.2. The Kier molecular flexibility index (Phi) is 7.16. The van der Waals surface area contributed by atoms with E-state index in [0.717, 1.165) is 93.9 Å². The Hall–Kier alpha value is -7.89. The highest BCUT2D eigenvalue weighted by molar-refractivity contribution is 6.13. The number of aromatic nitrogens is 3. The Balaban J connectivity index is 1.08. The molecule has 0 atom stereocenters. The molecule has 12 rings (SSSR count). The number of fused-ring (bicyclic) bond motifs is 6. The van der Waals surface area contributed by atoms with Crippen LogP contribution in [0.4, 0.5) is 0 Å². The molecule has 0 amide bonds. The van der Waals surface area contributed by atoms with E-state index >= 15 is 0 Å². The van der Waals surface area contributed by atoms with Gasteiger partial charge in [0.25, 0.3) is 0 Å². The molecule has 11 aromatic rings. The van der Waals surface area contributed by atoms with Gasteiger partial charge in [-0.15, -0.1) is 0 Å². The lowest BCUT2D eigenvalue weighted by Gasteiger charge is -2.24. The molecule has 3 heterocycles. The largest absolute Gasteiger partial charge is 0.456 e. The summed E-state index contributed by atoms with van der Waals surface area (Å²) in [6.07, 6.45) is 0. The minimum atomic E-state index is 0.574. The molecule has 1 aliphatic rings. The molecule has 0 N–H and O–H groups in total. The number of hydrogen-bond acceptors (Lipinski definition) is 5. The second-order valence-corrected chi connectivity index (χ2v) is 14.7. The fourth-order valence-corrected chi connectivity index (χ4v) is 8.64. The van der Waals surface area contributed by atoms with Gasteiger partial charge in [-0.1, -0.05) is 146 Å². The highest BCUT2D eigenvalue weighted by Gasteiger charge is 2.26. The standard InChI is InChI=1S/C53H31N3O2/c1-3-12-32(13-4-1)34-24-25-36-31-37(27-26-35(36)30-34)51-54-52(56-53(55-51)43-20-11-23-46-50(43)41-16-7-8-21-44(41)57-46)40-28-29-47-49-39(40)18-9-19-42(49)48-38(17-10-22-45(48)58-47)33-14-5-2-6-15-33/h1-31H. The first-order valence-electron chi connectivity index (χ1n) is 19.4. The van der Waals surface area contributed by atoms with Crippen LogP contribution in [-0.2, 0) is 0 Å². The second-order valence-electron chi connectivity index (χ2n) is 14.7. The van der Waals surface area contributed by atoms with E-state index < -0.39 is 0 Å². The first kappa shape index (κ1) is 32.4. The molecule has 0 radical (unpaired) electrons. The van der Waals surface area contributed by atoms with Crippen molar-refractivity contribution in [3.05, 3.63) is 188 Å². The minimum Gasteiger partial charge on any atom is -0.456 e. The Morgan fingerprint density at radius 3 is 1.79 bits per heavy atom. The van der Waals surface area contributed by atoms with E-state index in [4.69, 9.17) is 24.1 Å². The summed E-state index contributed by atoms with van der Waals surface area (Å²) in [6, 6.07) is 65.1. The van der Waals surface area contributed by atoms with E-state index in [0.29, 0.717) is 17.5 Å². The third kappa shape index (κ3) is 5.14. The molecule has 0 bridgehead atoms. The number of nitrogens with zero attached hydrogens (tertiary/aromatic N) is 3. The van der Waals surface area contributed by atoms with Crippen molar-refractivity contribution in [1.82, 2.24) is 15.0 Å². The van der Waals surface area contributed by atoms with Crippen molar-refractivity contribution in [3.63, 3.8) is 0 Å². The van der Waals surface area contributed by atoms with Crippen LogP contribution in [0.1, 0.15) is 0 Å². The number of furan rings is 1. The van der Waals surface area contributed by atoms with Gasteiger partial charge in [0.05, 0.1) is 0 Å². The van der Waals surface area contributed by atoms with Crippen molar-refractivity contribution in [2.24, 2.45) is 0 Å². The quantitative estimate of drug-likeness (QED) is 0.176. The summed E-state index contributed by atoms with van der Waals surface area (Å²) < 4.78 is 13.0. The molecule has 1 aliphatic heterocycles. The molecule has 9 aromatic carbocycles. The van der Waals surface area contributed by atoms with Crippen molar-refractivity contribution in [3.8, 4) is 79.0 Å². The van der Waals surface area contributed by atoms with E-state index in [-0.39, 0.29) is 0 Å². The van der Waals surface area contributed by atoms with Gasteiger partial charge < -0.3 is 9.15 Å². The fraction of sp³-hybridized carbons (Fsp3) is 0. The van der Waals surface area contributed by atoms with Gasteiger partial charge in [0, 0.05) is 38.4 Å². The van der Waals surface area contributed by atoms with Crippen LogP contribution < -0.4 is 4.74 Å². The Labute approximate surface area is 333 Å². The lowest BCUT2D eigenvalue weighted by atomic mass is 9.87. The summed E-state index contributed by atoms with van der Waals surface area (Å²) in [7, 11) is 0. The monoisotopic (exact) mass is 741 g/mol. The maximum Gasteiger partial charge on any atom is 0.164 e. The third-order valence-electron chi connectivity index (χ3n) is 11.3. The van der Waals surface area contributed by atoms with E-state index in [1.54, 1.807) is 0 Å². The average Bonchev–Trinajstić information content (AvgIpc) is 3.68. The first-order valence-corrected chi connectivity index (χ1v) is 19.4. The predicted molar refractivity (Wildman–Crippen MR) is 235 cm³/mol. The first-order chi connectivity index (χ1) is 28.7. The zero-order valence-electron chi connectivity index (χ0n) is 31.1. The lowest BCUT2D eigenvalue weighted by Crippen LogP contribution is -2.03. The Morgan fingerprint density at radius 1 is 0.328 bits per heavy atom. The van der Waals surface area contributed by atoms with E-state index in [1.807, 2.05) is 54.6 Å². The van der Waals surface area contributed by atoms with Gasteiger partial charge in [0.2, 0.25) is 0 Å². The minimum absolute atomic E-state index is 0.574. The molecule has 58 heavy (non-hydrogen) atoms. The highest BCUT2D eigenvalue weighted by atomic mass is 16.5. The molecular formula is C53H31N3O2. The maximum atomic E-state index is 6.68. The summed E-state index contributed by atoms with van der Waals surface area (Å²) in [5.41, 5.74) is 11.1. The Morgan fingerprint density at radius 2 is 0.948 bits per heavy atom. The molecule has 5 heteroatoms. The van der Waals surface area contributed by atoms with Gasteiger partial charge in [-0.2, -0.15) is 0 Å². The normalized spacial score (nSPS) is 11.9. The zero-order valence-corrected chi connectivity index (χ0v) is 31.1. The molecule has 0 fully saturated rings. The van der Waals surface area contributed by atoms with Gasteiger partial charge >= 0.3 is 0 Å². The fourth-order valence-electron chi connectivity index (χ4n) is 8.64. The van der Waals surface area contributed by atoms with Crippen LogP contribution in [0.15, 0.2) is 192 Å². The molecule has 270 valence electrons. The molecule has 0 aliphatic carbocycles. The number of rotatable bonds is 5. The third-order valence-corrected chi connectivity index (χ3v) is 11.3. The van der Waals surface area contributed by atoms with Crippen LogP contribution >= 0.6 is 0 Å². The van der Waals surface area contributed by atoms with Gasteiger partial charge in [-0.3, -0.25) is 0 Å².